The van der Waals surface area contributed by atoms with Gasteiger partial charge in [0.1, 0.15) is 0 Å². The third-order valence-corrected chi connectivity index (χ3v) is 5.46. The number of aromatic nitrogens is 2. The Morgan fingerprint density at radius 3 is 2.48 bits per heavy atom. The van der Waals surface area contributed by atoms with E-state index in [1.807, 2.05) is 47.4 Å². The van der Waals surface area contributed by atoms with Crippen LogP contribution in [0.5, 0.6) is 0 Å². The molecule has 0 aliphatic carbocycles. The first-order valence-corrected chi connectivity index (χ1v) is 9.31. The third kappa shape index (κ3) is 3.18. The summed E-state index contributed by atoms with van der Waals surface area (Å²) in [5.41, 5.74) is 0.779. The summed E-state index contributed by atoms with van der Waals surface area (Å²) in [5, 5.41) is 10.7. The van der Waals surface area contributed by atoms with Crippen LogP contribution in [-0.4, -0.2) is 47.2 Å². The van der Waals surface area contributed by atoms with Crippen molar-refractivity contribution in [2.24, 2.45) is 0 Å². The van der Waals surface area contributed by atoms with Crippen LogP contribution < -0.4 is 4.90 Å². The lowest BCUT2D eigenvalue weighted by atomic mass is 10.1. The summed E-state index contributed by atoms with van der Waals surface area (Å²) in [6.07, 6.45) is 1.79. The summed E-state index contributed by atoms with van der Waals surface area (Å²) in [7, 11) is 0. The number of benzene rings is 2. The summed E-state index contributed by atoms with van der Waals surface area (Å²) < 4.78 is 0.993. The van der Waals surface area contributed by atoms with Crippen molar-refractivity contribution < 1.29 is 4.79 Å². The number of hydrogen-bond donors (Lipinski definition) is 0. The number of rotatable bonds is 2. The second kappa shape index (κ2) is 6.95. The van der Waals surface area contributed by atoms with Crippen LogP contribution in [-0.2, 0) is 0 Å². The van der Waals surface area contributed by atoms with Gasteiger partial charge in [0, 0.05) is 40.5 Å². The molecule has 0 radical (unpaired) electrons. The highest BCUT2D eigenvalue weighted by Gasteiger charge is 2.24. The maximum absolute atomic E-state index is 12.8. The molecule has 1 amide bonds. The lowest BCUT2D eigenvalue weighted by molar-refractivity contribution is 0.0745. The van der Waals surface area contributed by atoms with E-state index in [1.165, 1.54) is 0 Å². The molecule has 2 aromatic carbocycles. The molecule has 126 valence electrons. The maximum Gasteiger partial charge on any atom is 0.255 e. The second-order valence-corrected chi connectivity index (χ2v) is 7.18. The average Bonchev–Trinajstić information content (AvgIpc) is 2.67. The molecule has 6 heteroatoms. The Morgan fingerprint density at radius 1 is 0.960 bits per heavy atom. The number of carbonyl (C=O) groups excluding carboxylic acids is 1. The van der Waals surface area contributed by atoms with Gasteiger partial charge >= 0.3 is 0 Å². The van der Waals surface area contributed by atoms with Gasteiger partial charge in [-0.2, -0.15) is 5.10 Å². The molecule has 4 rings (SSSR count). The van der Waals surface area contributed by atoms with Gasteiger partial charge in [-0.1, -0.05) is 36.4 Å². The predicted octanol–water partition coefficient (Wildman–Crippen LogP) is 3.20. The number of amides is 1. The van der Waals surface area contributed by atoms with Gasteiger partial charge in [0.15, 0.2) is 5.82 Å². The Balaban J connectivity index is 1.52. The van der Waals surface area contributed by atoms with Crippen LogP contribution in [0.3, 0.4) is 0 Å². The summed E-state index contributed by atoms with van der Waals surface area (Å²) in [6, 6.07) is 15.9. The fourth-order valence-corrected chi connectivity index (χ4v) is 3.79. The van der Waals surface area contributed by atoms with Gasteiger partial charge in [-0.05, 0) is 34.7 Å². The Labute approximate surface area is 159 Å². The molecule has 1 saturated heterocycles. The lowest BCUT2D eigenvalue weighted by Crippen LogP contribution is -2.49. The molecule has 0 N–H and O–H groups in total. The third-order valence-electron chi connectivity index (χ3n) is 4.52. The monoisotopic (exact) mass is 444 g/mol. The predicted molar refractivity (Wildman–Crippen MR) is 107 cm³/mol. The summed E-state index contributed by atoms with van der Waals surface area (Å²) in [5.74, 6) is 1.01. The minimum Gasteiger partial charge on any atom is -0.351 e. The highest BCUT2D eigenvalue weighted by Crippen LogP contribution is 2.24. The van der Waals surface area contributed by atoms with E-state index >= 15 is 0 Å². The zero-order valence-electron chi connectivity index (χ0n) is 13.6. The Bertz CT molecular complexity index is 917. The van der Waals surface area contributed by atoms with Crippen molar-refractivity contribution >= 4 is 45.1 Å². The van der Waals surface area contributed by atoms with Crippen LogP contribution in [0, 0.1) is 3.57 Å². The maximum atomic E-state index is 12.8. The van der Waals surface area contributed by atoms with Crippen molar-refractivity contribution in [1.82, 2.24) is 15.1 Å². The van der Waals surface area contributed by atoms with E-state index in [9.17, 15) is 4.79 Å². The molecule has 1 aliphatic heterocycles. The Kier molecular flexibility index (Phi) is 4.52. The molecule has 3 aromatic rings. The summed E-state index contributed by atoms with van der Waals surface area (Å²) >= 11 is 2.22. The minimum absolute atomic E-state index is 0.105. The fraction of sp³-hybridized carbons (Fsp3) is 0.211. The molecule has 5 nitrogen and oxygen atoms in total. The van der Waals surface area contributed by atoms with Gasteiger partial charge in [-0.3, -0.25) is 4.79 Å². The van der Waals surface area contributed by atoms with E-state index in [0.717, 1.165) is 38.8 Å². The standard InChI is InChI=1S/C19H17IN4O/c20-17-8-4-3-7-16(17)19(25)24-11-9-23(10-12-24)18-15-6-2-1-5-14(15)13-21-22-18/h1-8,13H,9-12H2. The zero-order valence-corrected chi connectivity index (χ0v) is 15.8. The molecule has 0 bridgehead atoms. The first-order valence-electron chi connectivity index (χ1n) is 8.23. The zero-order chi connectivity index (χ0) is 17.2. The number of halogens is 1. The second-order valence-electron chi connectivity index (χ2n) is 6.01. The number of hydrogen-bond acceptors (Lipinski definition) is 4. The van der Waals surface area contributed by atoms with Gasteiger partial charge < -0.3 is 9.80 Å². The van der Waals surface area contributed by atoms with Crippen LogP contribution in [0.15, 0.2) is 54.7 Å². The largest absolute Gasteiger partial charge is 0.351 e. The van der Waals surface area contributed by atoms with E-state index in [1.54, 1.807) is 6.20 Å². The topological polar surface area (TPSA) is 49.3 Å². The van der Waals surface area contributed by atoms with Crippen molar-refractivity contribution in [2.75, 3.05) is 31.1 Å². The average molecular weight is 444 g/mol. The molecule has 0 spiro atoms. The highest BCUT2D eigenvalue weighted by molar-refractivity contribution is 14.1. The van der Waals surface area contributed by atoms with Gasteiger partial charge in [-0.15, -0.1) is 5.10 Å². The van der Waals surface area contributed by atoms with Crippen molar-refractivity contribution in [3.63, 3.8) is 0 Å². The molecule has 0 atom stereocenters. The van der Waals surface area contributed by atoms with E-state index < -0.39 is 0 Å². The number of nitrogens with zero attached hydrogens (tertiary/aromatic N) is 4. The van der Waals surface area contributed by atoms with Gasteiger partial charge in [-0.25, -0.2) is 0 Å². The van der Waals surface area contributed by atoms with Crippen molar-refractivity contribution in [3.8, 4) is 0 Å². The van der Waals surface area contributed by atoms with Crippen LogP contribution in [0.25, 0.3) is 10.8 Å². The minimum atomic E-state index is 0.105. The molecule has 0 unspecified atom stereocenters. The van der Waals surface area contributed by atoms with E-state index in [2.05, 4.69) is 43.8 Å². The van der Waals surface area contributed by atoms with Gasteiger partial charge in [0.25, 0.3) is 5.91 Å². The van der Waals surface area contributed by atoms with Crippen LogP contribution in [0.1, 0.15) is 10.4 Å². The highest BCUT2D eigenvalue weighted by atomic mass is 127. The summed E-state index contributed by atoms with van der Waals surface area (Å²) in [6.45, 7) is 2.90. The normalized spacial score (nSPS) is 14.8. The van der Waals surface area contributed by atoms with Crippen LogP contribution >= 0.6 is 22.6 Å². The Morgan fingerprint density at radius 2 is 1.68 bits per heavy atom. The quantitative estimate of drug-likeness (QED) is 0.570. The van der Waals surface area contributed by atoms with Crippen molar-refractivity contribution in [2.45, 2.75) is 0 Å². The van der Waals surface area contributed by atoms with Crippen LogP contribution in [0.4, 0.5) is 5.82 Å². The molecule has 25 heavy (non-hydrogen) atoms. The fourth-order valence-electron chi connectivity index (χ4n) is 3.17. The first-order chi connectivity index (χ1) is 12.2. The van der Waals surface area contributed by atoms with Crippen molar-refractivity contribution in [3.05, 3.63) is 63.9 Å². The molecular formula is C19H17IN4O. The number of piperazine rings is 1. The van der Waals surface area contributed by atoms with Crippen molar-refractivity contribution in [1.29, 1.82) is 0 Å². The molecule has 1 aromatic heterocycles. The molecule has 1 aliphatic rings. The Hall–Kier alpha value is -2.22. The van der Waals surface area contributed by atoms with Gasteiger partial charge in [0.2, 0.25) is 0 Å². The van der Waals surface area contributed by atoms with Crippen LogP contribution in [0.2, 0.25) is 0 Å². The molecule has 0 saturated carbocycles. The SMILES string of the molecule is O=C(c1ccccc1I)N1CCN(c2nncc3ccccc23)CC1. The molecular weight excluding hydrogens is 427 g/mol. The smallest absolute Gasteiger partial charge is 0.255 e. The van der Waals surface area contributed by atoms with E-state index in [-0.39, 0.29) is 5.91 Å². The number of carbonyl (C=O) groups is 1. The lowest BCUT2D eigenvalue weighted by Gasteiger charge is -2.35. The molecule has 1 fully saturated rings. The first kappa shape index (κ1) is 16.3. The van der Waals surface area contributed by atoms with E-state index in [4.69, 9.17) is 0 Å². The van der Waals surface area contributed by atoms with E-state index in [0.29, 0.717) is 13.1 Å². The number of fused-ring (bicyclic) bond motifs is 1. The summed E-state index contributed by atoms with van der Waals surface area (Å²) in [4.78, 5) is 16.9. The van der Waals surface area contributed by atoms with Gasteiger partial charge in [0.05, 0.1) is 11.8 Å². The molecule has 2 heterocycles. The number of anilines is 1.